The van der Waals surface area contributed by atoms with Gasteiger partial charge in [-0.15, -0.1) is 0 Å². The van der Waals surface area contributed by atoms with Gasteiger partial charge in [0.15, 0.2) is 5.76 Å². The van der Waals surface area contributed by atoms with Crippen molar-refractivity contribution in [3.05, 3.63) is 89.4 Å². The Bertz CT molecular complexity index is 869. The molecule has 2 aromatic carbocycles. The lowest BCUT2D eigenvalue weighted by Crippen LogP contribution is -2.22. The molecule has 0 saturated carbocycles. The van der Waals surface area contributed by atoms with Crippen LogP contribution in [0, 0.1) is 6.92 Å². The highest BCUT2D eigenvalue weighted by Gasteiger charge is 2.13. The van der Waals surface area contributed by atoms with Crippen LogP contribution in [0.3, 0.4) is 0 Å². The van der Waals surface area contributed by atoms with Crippen molar-refractivity contribution >= 4 is 16.7 Å². The lowest BCUT2D eigenvalue weighted by Gasteiger charge is -2.04. The van der Waals surface area contributed by atoms with Gasteiger partial charge in [-0.3, -0.25) is 9.00 Å². The molecule has 0 saturated heterocycles. The van der Waals surface area contributed by atoms with Crippen LogP contribution in [0.4, 0.5) is 0 Å². The largest absolute Gasteiger partial charge is 0.455 e. The lowest BCUT2D eigenvalue weighted by atomic mass is 10.1. The SMILES string of the molecule is Cc1ccc(CNC(=O)c2ccc(CS(=O)c3ccccc3)o2)cc1. The van der Waals surface area contributed by atoms with Crippen LogP contribution in [-0.4, -0.2) is 10.1 Å². The van der Waals surface area contributed by atoms with E-state index in [0.29, 0.717) is 12.3 Å². The van der Waals surface area contributed by atoms with Crippen molar-refractivity contribution in [2.45, 2.75) is 24.1 Å². The molecule has 0 aliphatic rings. The standard InChI is InChI=1S/C20H19NO3S/c1-15-7-9-16(10-8-15)13-21-20(22)19-12-11-17(24-19)14-25(23)18-5-3-2-4-6-18/h2-12H,13-14H2,1H3,(H,21,22). The molecular weight excluding hydrogens is 334 g/mol. The summed E-state index contributed by atoms with van der Waals surface area (Å²) in [7, 11) is -1.20. The number of carbonyl (C=O) groups excluding carboxylic acids is 1. The highest BCUT2D eigenvalue weighted by Crippen LogP contribution is 2.15. The molecular formula is C20H19NO3S. The Balaban J connectivity index is 1.58. The van der Waals surface area contributed by atoms with Crippen LogP contribution >= 0.6 is 0 Å². The summed E-state index contributed by atoms with van der Waals surface area (Å²) in [5, 5.41) is 2.82. The van der Waals surface area contributed by atoms with E-state index in [2.05, 4.69) is 5.32 Å². The van der Waals surface area contributed by atoms with Gasteiger partial charge in [0, 0.05) is 11.4 Å². The fraction of sp³-hybridized carbons (Fsp3) is 0.150. The van der Waals surface area contributed by atoms with Gasteiger partial charge in [0.1, 0.15) is 5.76 Å². The number of aryl methyl sites for hydroxylation is 1. The molecule has 0 spiro atoms. The average Bonchev–Trinajstić information content (AvgIpc) is 3.10. The maximum Gasteiger partial charge on any atom is 0.287 e. The van der Waals surface area contributed by atoms with E-state index in [1.807, 2.05) is 61.5 Å². The third-order valence-corrected chi connectivity index (χ3v) is 5.08. The number of hydrogen-bond donors (Lipinski definition) is 1. The highest BCUT2D eigenvalue weighted by atomic mass is 32.2. The van der Waals surface area contributed by atoms with Crippen molar-refractivity contribution in [2.24, 2.45) is 0 Å². The molecule has 0 aliphatic carbocycles. The molecule has 1 N–H and O–H groups in total. The molecule has 3 rings (SSSR count). The van der Waals surface area contributed by atoms with Crippen LogP contribution < -0.4 is 5.32 Å². The molecule has 4 nitrogen and oxygen atoms in total. The second-order valence-corrected chi connectivity index (χ2v) is 7.19. The van der Waals surface area contributed by atoms with Gasteiger partial charge in [-0.25, -0.2) is 0 Å². The fourth-order valence-corrected chi connectivity index (χ4v) is 3.38. The summed E-state index contributed by atoms with van der Waals surface area (Å²) >= 11 is 0. The van der Waals surface area contributed by atoms with Gasteiger partial charge in [-0.1, -0.05) is 48.0 Å². The molecule has 1 aromatic heterocycles. The molecule has 0 radical (unpaired) electrons. The summed E-state index contributed by atoms with van der Waals surface area (Å²) < 4.78 is 17.8. The van der Waals surface area contributed by atoms with E-state index in [9.17, 15) is 9.00 Å². The second-order valence-electron chi connectivity index (χ2n) is 5.74. The van der Waals surface area contributed by atoms with Crippen LogP contribution in [0.5, 0.6) is 0 Å². The van der Waals surface area contributed by atoms with E-state index in [1.165, 1.54) is 5.56 Å². The predicted octanol–water partition coefficient (Wildman–Crippen LogP) is 3.83. The lowest BCUT2D eigenvalue weighted by molar-refractivity contribution is 0.0921. The molecule has 1 atom stereocenters. The topological polar surface area (TPSA) is 59.3 Å². The number of benzene rings is 2. The third kappa shape index (κ3) is 4.67. The molecule has 0 fully saturated rings. The Morgan fingerprint density at radius 3 is 2.44 bits per heavy atom. The third-order valence-electron chi connectivity index (χ3n) is 3.74. The first-order valence-electron chi connectivity index (χ1n) is 7.98. The summed E-state index contributed by atoms with van der Waals surface area (Å²) in [5.41, 5.74) is 2.20. The number of rotatable bonds is 6. The summed E-state index contributed by atoms with van der Waals surface area (Å²) in [6, 6.07) is 20.5. The highest BCUT2D eigenvalue weighted by molar-refractivity contribution is 7.84. The number of furan rings is 1. The van der Waals surface area contributed by atoms with Gasteiger partial charge >= 0.3 is 0 Å². The molecule has 1 heterocycles. The quantitative estimate of drug-likeness (QED) is 0.733. The van der Waals surface area contributed by atoms with E-state index in [0.717, 1.165) is 10.5 Å². The summed E-state index contributed by atoms with van der Waals surface area (Å²) in [6.45, 7) is 2.46. The minimum atomic E-state index is -1.20. The van der Waals surface area contributed by atoms with Crippen molar-refractivity contribution < 1.29 is 13.4 Å². The summed E-state index contributed by atoms with van der Waals surface area (Å²) in [6.07, 6.45) is 0. The zero-order chi connectivity index (χ0) is 17.6. The van der Waals surface area contributed by atoms with E-state index >= 15 is 0 Å². The van der Waals surface area contributed by atoms with Crippen molar-refractivity contribution in [3.8, 4) is 0 Å². The maximum absolute atomic E-state index is 12.3. The first-order chi connectivity index (χ1) is 12.1. The molecule has 0 aliphatic heterocycles. The van der Waals surface area contributed by atoms with Crippen LogP contribution in [0.1, 0.15) is 27.4 Å². The Hall–Kier alpha value is -2.66. The minimum Gasteiger partial charge on any atom is -0.455 e. The Morgan fingerprint density at radius 2 is 1.72 bits per heavy atom. The number of nitrogens with one attached hydrogen (secondary N) is 1. The van der Waals surface area contributed by atoms with Crippen LogP contribution in [0.25, 0.3) is 0 Å². The first-order valence-corrected chi connectivity index (χ1v) is 9.29. The molecule has 1 unspecified atom stereocenters. The van der Waals surface area contributed by atoms with E-state index in [1.54, 1.807) is 12.1 Å². The van der Waals surface area contributed by atoms with Crippen LogP contribution in [-0.2, 0) is 23.1 Å². The second kappa shape index (κ2) is 7.94. The summed E-state index contributed by atoms with van der Waals surface area (Å²) in [4.78, 5) is 12.9. The monoisotopic (exact) mass is 353 g/mol. The fourth-order valence-electron chi connectivity index (χ4n) is 2.34. The predicted molar refractivity (Wildman–Crippen MR) is 97.6 cm³/mol. The smallest absolute Gasteiger partial charge is 0.287 e. The molecule has 5 heteroatoms. The normalized spacial score (nSPS) is 11.9. The number of carbonyl (C=O) groups is 1. The maximum atomic E-state index is 12.3. The van der Waals surface area contributed by atoms with Crippen molar-refractivity contribution in [2.75, 3.05) is 0 Å². The van der Waals surface area contributed by atoms with Crippen LogP contribution in [0.15, 0.2) is 76.0 Å². The average molecular weight is 353 g/mol. The number of hydrogen-bond acceptors (Lipinski definition) is 3. The molecule has 3 aromatic rings. The van der Waals surface area contributed by atoms with Gasteiger partial charge in [-0.05, 0) is 36.8 Å². The minimum absolute atomic E-state index is 0.229. The van der Waals surface area contributed by atoms with Crippen LogP contribution in [0.2, 0.25) is 0 Å². The molecule has 128 valence electrons. The van der Waals surface area contributed by atoms with Crippen molar-refractivity contribution in [1.82, 2.24) is 5.32 Å². The molecule has 25 heavy (non-hydrogen) atoms. The Labute approximate surface area is 149 Å². The molecule has 1 amide bonds. The zero-order valence-corrected chi connectivity index (χ0v) is 14.7. The molecule has 0 bridgehead atoms. The van der Waals surface area contributed by atoms with E-state index in [4.69, 9.17) is 4.42 Å². The summed E-state index contributed by atoms with van der Waals surface area (Å²) in [5.74, 6) is 0.724. The van der Waals surface area contributed by atoms with Gasteiger partial charge in [0.05, 0.1) is 16.6 Å². The van der Waals surface area contributed by atoms with E-state index in [-0.39, 0.29) is 17.4 Å². The number of amides is 1. The Morgan fingerprint density at radius 1 is 1.00 bits per heavy atom. The van der Waals surface area contributed by atoms with Gasteiger partial charge in [-0.2, -0.15) is 0 Å². The van der Waals surface area contributed by atoms with E-state index < -0.39 is 10.8 Å². The Kier molecular flexibility index (Phi) is 5.46. The van der Waals surface area contributed by atoms with Gasteiger partial charge in [0.25, 0.3) is 5.91 Å². The van der Waals surface area contributed by atoms with Crippen molar-refractivity contribution in [3.63, 3.8) is 0 Å². The van der Waals surface area contributed by atoms with Gasteiger partial charge in [0.2, 0.25) is 0 Å². The van der Waals surface area contributed by atoms with Crippen molar-refractivity contribution in [1.29, 1.82) is 0 Å². The first kappa shape index (κ1) is 17.2. The zero-order valence-electron chi connectivity index (χ0n) is 13.9. The van der Waals surface area contributed by atoms with Gasteiger partial charge < -0.3 is 9.73 Å².